The first-order valence-corrected chi connectivity index (χ1v) is 13.8. The molecule has 6 nitrogen and oxygen atoms in total. The Balaban J connectivity index is 1.79. The Morgan fingerprint density at radius 3 is 2.23 bits per heavy atom. The Morgan fingerprint density at radius 1 is 0.925 bits per heavy atom. The van der Waals surface area contributed by atoms with Gasteiger partial charge in [-0.15, -0.1) is 0 Å². The molecule has 1 aromatic heterocycles. The Hall–Kier alpha value is -3.74. The summed E-state index contributed by atoms with van der Waals surface area (Å²) in [6.45, 7) is 6.14. The normalized spacial score (nSPS) is 14.6. The number of carbonyl (C=O) groups is 2. The van der Waals surface area contributed by atoms with Crippen molar-refractivity contribution in [2.24, 2.45) is 0 Å². The summed E-state index contributed by atoms with van der Waals surface area (Å²) in [4.78, 5) is 30.5. The number of benzene rings is 3. The van der Waals surface area contributed by atoms with Gasteiger partial charge in [-0.3, -0.25) is 14.5 Å². The lowest BCUT2D eigenvalue weighted by molar-refractivity contribution is 0.0827. The van der Waals surface area contributed by atoms with Crippen molar-refractivity contribution in [2.75, 3.05) is 26.1 Å². The van der Waals surface area contributed by atoms with Crippen LogP contribution >= 0.6 is 23.2 Å². The fourth-order valence-electron chi connectivity index (χ4n) is 5.47. The second-order valence-corrected chi connectivity index (χ2v) is 11.3. The monoisotopic (exact) mass is 575 g/mol. The number of rotatable bonds is 6. The van der Waals surface area contributed by atoms with E-state index in [0.29, 0.717) is 26.9 Å². The van der Waals surface area contributed by atoms with E-state index in [2.05, 4.69) is 18.4 Å². The highest BCUT2D eigenvalue weighted by Gasteiger charge is 2.44. The zero-order chi connectivity index (χ0) is 28.9. The summed E-state index contributed by atoms with van der Waals surface area (Å²) < 4.78 is 7.91. The van der Waals surface area contributed by atoms with Gasteiger partial charge >= 0.3 is 0 Å². The van der Waals surface area contributed by atoms with E-state index in [0.717, 1.165) is 33.8 Å². The number of hydrogen-bond acceptors (Lipinski definition) is 3. The molecule has 40 heavy (non-hydrogen) atoms. The molecule has 2 heterocycles. The number of fused-ring (bicyclic) bond motifs is 1. The number of nitrogens with zero attached hydrogens (tertiary/aromatic N) is 3. The molecular formula is C32H31Cl2N3O3. The van der Waals surface area contributed by atoms with Crippen molar-refractivity contribution in [3.8, 4) is 17.0 Å². The van der Waals surface area contributed by atoms with E-state index in [4.69, 9.17) is 27.9 Å². The number of hydrogen-bond donors (Lipinski definition) is 0. The van der Waals surface area contributed by atoms with Crippen LogP contribution in [0.4, 0.5) is 5.69 Å². The van der Waals surface area contributed by atoms with Crippen molar-refractivity contribution in [3.05, 3.63) is 105 Å². The minimum absolute atomic E-state index is 0.0142. The molecular weight excluding hydrogens is 545 g/mol. The van der Waals surface area contributed by atoms with Gasteiger partial charge < -0.3 is 14.2 Å². The van der Waals surface area contributed by atoms with Crippen molar-refractivity contribution >= 4 is 40.7 Å². The molecule has 0 saturated carbocycles. The second kappa shape index (κ2) is 10.7. The van der Waals surface area contributed by atoms with Crippen molar-refractivity contribution < 1.29 is 14.3 Å². The summed E-state index contributed by atoms with van der Waals surface area (Å²) in [7, 11) is 5.05. The molecule has 1 atom stereocenters. The number of amides is 2. The van der Waals surface area contributed by atoms with Crippen LogP contribution in [0.3, 0.4) is 0 Å². The molecule has 1 aliphatic heterocycles. The summed E-state index contributed by atoms with van der Waals surface area (Å²) >= 11 is 12.7. The molecule has 0 aliphatic carbocycles. The summed E-state index contributed by atoms with van der Waals surface area (Å²) in [5.74, 6) is 0.378. The predicted octanol–water partition coefficient (Wildman–Crippen LogP) is 7.81. The van der Waals surface area contributed by atoms with Crippen LogP contribution in [-0.2, 0) is 0 Å². The van der Waals surface area contributed by atoms with Gasteiger partial charge in [-0.2, -0.15) is 0 Å². The highest BCUT2D eigenvalue weighted by atomic mass is 35.5. The molecule has 206 valence electrons. The van der Waals surface area contributed by atoms with Gasteiger partial charge in [0.25, 0.3) is 11.8 Å². The predicted molar refractivity (Wildman–Crippen MR) is 161 cm³/mol. The molecule has 1 aliphatic rings. The van der Waals surface area contributed by atoms with Crippen LogP contribution in [0.25, 0.3) is 11.3 Å². The maximum absolute atomic E-state index is 14.3. The van der Waals surface area contributed by atoms with E-state index in [1.807, 2.05) is 66.4 Å². The minimum Gasteiger partial charge on any atom is -0.496 e. The highest BCUT2D eigenvalue weighted by molar-refractivity contribution is 6.31. The first kappa shape index (κ1) is 27.8. The molecule has 2 amide bonds. The number of methoxy groups -OCH3 is 1. The number of anilines is 1. The Labute approximate surface area is 244 Å². The number of halogens is 2. The average Bonchev–Trinajstić information content (AvgIpc) is 3.45. The highest BCUT2D eigenvalue weighted by Crippen LogP contribution is 2.48. The molecule has 0 fully saturated rings. The van der Waals surface area contributed by atoms with Crippen LogP contribution in [0.15, 0.2) is 66.7 Å². The third-order valence-corrected chi connectivity index (χ3v) is 7.79. The Morgan fingerprint density at radius 2 is 1.60 bits per heavy atom. The summed E-state index contributed by atoms with van der Waals surface area (Å²) in [6, 6.07) is 20.0. The largest absolute Gasteiger partial charge is 0.496 e. The smallest absolute Gasteiger partial charge is 0.261 e. The van der Waals surface area contributed by atoms with Crippen molar-refractivity contribution in [2.45, 2.75) is 32.9 Å². The lowest BCUT2D eigenvalue weighted by Crippen LogP contribution is -2.30. The van der Waals surface area contributed by atoms with Gasteiger partial charge in [0.05, 0.1) is 24.1 Å². The number of aromatic nitrogens is 1. The first-order valence-electron chi connectivity index (χ1n) is 13.0. The van der Waals surface area contributed by atoms with Gasteiger partial charge in [0.15, 0.2) is 0 Å². The topological polar surface area (TPSA) is 54.8 Å². The fraction of sp³-hybridized carbons (Fsp3) is 0.250. The van der Waals surface area contributed by atoms with Crippen molar-refractivity contribution in [1.82, 2.24) is 9.47 Å². The molecule has 8 heteroatoms. The zero-order valence-corrected chi connectivity index (χ0v) is 24.8. The average molecular weight is 577 g/mol. The van der Waals surface area contributed by atoms with E-state index >= 15 is 0 Å². The van der Waals surface area contributed by atoms with Crippen LogP contribution < -0.4 is 9.64 Å². The number of aryl methyl sites for hydroxylation is 1. The van der Waals surface area contributed by atoms with Gasteiger partial charge in [-0.1, -0.05) is 41.4 Å². The summed E-state index contributed by atoms with van der Waals surface area (Å²) in [5.41, 5.74) is 6.15. The number of ether oxygens (including phenoxy) is 1. The Kier molecular flexibility index (Phi) is 7.42. The lowest BCUT2D eigenvalue weighted by Gasteiger charge is -2.30. The third-order valence-electron chi connectivity index (χ3n) is 7.30. The zero-order valence-electron chi connectivity index (χ0n) is 23.3. The van der Waals surface area contributed by atoms with Gasteiger partial charge in [0.2, 0.25) is 0 Å². The minimum atomic E-state index is -0.425. The van der Waals surface area contributed by atoms with Gasteiger partial charge in [0.1, 0.15) is 11.8 Å². The molecule has 0 N–H and O–H groups in total. The standard InChI is InChI=1S/C32H31Cl2N3O3/c1-18(2)36-27(24-15-21(31(38)35(4)5)10-14-28(24)40-6)17-25-30(36)29(20-8-12-22(33)13-9-20)37(32(25)39)26-16-23(34)11-7-19(26)3/h7-18,29H,1-6H3/t29-/m1/s1. The fourth-order valence-corrected chi connectivity index (χ4v) is 5.76. The van der Waals surface area contributed by atoms with E-state index < -0.39 is 6.04 Å². The molecule has 0 bridgehead atoms. The number of carbonyl (C=O) groups excluding carboxylic acids is 2. The lowest BCUT2D eigenvalue weighted by atomic mass is 10.0. The van der Waals surface area contributed by atoms with Crippen LogP contribution in [-0.4, -0.2) is 42.5 Å². The van der Waals surface area contributed by atoms with Crippen LogP contribution in [0.1, 0.15) is 63.5 Å². The maximum Gasteiger partial charge on any atom is 0.261 e. The first-order chi connectivity index (χ1) is 19.0. The SMILES string of the molecule is COc1ccc(C(=O)N(C)C)cc1-c1cc2c(n1C(C)C)[C@@H](c1ccc(Cl)cc1)N(c1cc(Cl)ccc1C)C2=O. The molecule has 5 rings (SSSR count). The van der Waals surface area contributed by atoms with E-state index in [1.165, 1.54) is 0 Å². The van der Waals surface area contributed by atoms with Gasteiger partial charge in [-0.25, -0.2) is 0 Å². The van der Waals surface area contributed by atoms with Crippen LogP contribution in [0.2, 0.25) is 10.0 Å². The third kappa shape index (κ3) is 4.65. The second-order valence-electron chi connectivity index (χ2n) is 10.5. The van der Waals surface area contributed by atoms with Crippen LogP contribution in [0.5, 0.6) is 5.75 Å². The van der Waals surface area contributed by atoms with Gasteiger partial charge in [-0.05, 0) is 80.4 Å². The molecule has 0 saturated heterocycles. The van der Waals surface area contributed by atoms with Crippen molar-refractivity contribution in [1.29, 1.82) is 0 Å². The van der Waals surface area contributed by atoms with Crippen LogP contribution in [0, 0.1) is 6.92 Å². The molecule has 3 aromatic carbocycles. The van der Waals surface area contributed by atoms with E-state index in [9.17, 15) is 9.59 Å². The van der Waals surface area contributed by atoms with Crippen molar-refractivity contribution in [3.63, 3.8) is 0 Å². The van der Waals surface area contributed by atoms with E-state index in [1.54, 1.807) is 38.2 Å². The maximum atomic E-state index is 14.3. The van der Waals surface area contributed by atoms with E-state index in [-0.39, 0.29) is 17.9 Å². The quantitative estimate of drug-likeness (QED) is 0.235. The van der Waals surface area contributed by atoms with Gasteiger partial charge in [0, 0.05) is 47.0 Å². The summed E-state index contributed by atoms with van der Waals surface area (Å²) in [5, 5.41) is 1.17. The molecule has 0 spiro atoms. The summed E-state index contributed by atoms with van der Waals surface area (Å²) in [6.07, 6.45) is 0. The molecule has 4 aromatic rings. The molecule has 0 unspecified atom stereocenters. The Bertz CT molecular complexity index is 1620. The molecule has 0 radical (unpaired) electrons.